The van der Waals surface area contributed by atoms with Gasteiger partial charge in [-0.25, -0.2) is 9.18 Å². The van der Waals surface area contributed by atoms with Crippen molar-refractivity contribution >= 4 is 29.0 Å². The van der Waals surface area contributed by atoms with Crippen molar-refractivity contribution in [2.24, 2.45) is 0 Å². The molecular formula is C17H14ClFN4O2. The highest BCUT2D eigenvalue weighted by atomic mass is 35.5. The maximum absolute atomic E-state index is 13.7. The summed E-state index contributed by atoms with van der Waals surface area (Å²) in [7, 11) is 0. The molecule has 0 saturated carbocycles. The average Bonchev–Trinajstić information content (AvgIpc) is 3.07. The van der Waals surface area contributed by atoms with Crippen molar-refractivity contribution in [3.05, 3.63) is 59.2 Å². The number of nitrogens with one attached hydrogen (secondary N) is 2. The summed E-state index contributed by atoms with van der Waals surface area (Å²) in [5.74, 6) is 0.430. The lowest BCUT2D eigenvalue weighted by atomic mass is 10.2. The zero-order valence-corrected chi connectivity index (χ0v) is 14.0. The SMILES string of the molecule is CCc1nc(-c2ccc(NC(=O)Nc3ccc(Cl)cc3F)cc2)no1. The Morgan fingerprint density at radius 2 is 1.96 bits per heavy atom. The van der Waals surface area contributed by atoms with Crippen molar-refractivity contribution in [1.82, 2.24) is 10.1 Å². The fourth-order valence-corrected chi connectivity index (χ4v) is 2.25. The van der Waals surface area contributed by atoms with Gasteiger partial charge in [0.2, 0.25) is 11.7 Å². The number of aryl methyl sites for hydroxylation is 1. The van der Waals surface area contributed by atoms with Crippen LogP contribution in [0.15, 0.2) is 47.0 Å². The Kier molecular flexibility index (Phi) is 4.95. The molecule has 1 aromatic heterocycles. The molecule has 0 aliphatic heterocycles. The smallest absolute Gasteiger partial charge is 0.323 e. The minimum Gasteiger partial charge on any atom is -0.339 e. The van der Waals surface area contributed by atoms with Gasteiger partial charge in [-0.15, -0.1) is 0 Å². The molecule has 0 unspecified atom stereocenters. The molecule has 0 radical (unpaired) electrons. The molecule has 0 aliphatic rings. The molecule has 25 heavy (non-hydrogen) atoms. The molecule has 0 spiro atoms. The summed E-state index contributed by atoms with van der Waals surface area (Å²) in [6.07, 6.45) is 0.661. The van der Waals surface area contributed by atoms with Crippen LogP contribution >= 0.6 is 11.6 Å². The number of aromatic nitrogens is 2. The molecule has 2 amide bonds. The van der Waals surface area contributed by atoms with Crippen LogP contribution in [0.3, 0.4) is 0 Å². The lowest BCUT2D eigenvalue weighted by Gasteiger charge is -2.09. The standard InChI is InChI=1S/C17H14ClFN4O2/c1-2-15-22-16(23-25-15)10-3-6-12(7-4-10)20-17(24)21-14-8-5-11(18)9-13(14)19/h3-9H,2H2,1H3,(H2,20,21,24). The second-order valence-corrected chi connectivity index (χ2v) is 5.58. The summed E-state index contributed by atoms with van der Waals surface area (Å²) in [4.78, 5) is 16.2. The third-order valence-electron chi connectivity index (χ3n) is 3.35. The Morgan fingerprint density at radius 3 is 2.60 bits per heavy atom. The number of carbonyl (C=O) groups is 1. The van der Waals surface area contributed by atoms with E-state index < -0.39 is 11.8 Å². The van der Waals surface area contributed by atoms with E-state index in [0.717, 1.165) is 11.6 Å². The average molecular weight is 361 g/mol. The van der Waals surface area contributed by atoms with Gasteiger partial charge in [-0.05, 0) is 42.5 Å². The first-order chi connectivity index (χ1) is 12.0. The summed E-state index contributed by atoms with van der Waals surface area (Å²) in [5.41, 5.74) is 1.34. The zero-order chi connectivity index (χ0) is 17.8. The van der Waals surface area contributed by atoms with Crippen molar-refractivity contribution < 1.29 is 13.7 Å². The van der Waals surface area contributed by atoms with Crippen LogP contribution in [0, 0.1) is 5.82 Å². The molecule has 3 aromatic rings. The summed E-state index contributed by atoms with van der Waals surface area (Å²) >= 11 is 5.67. The molecule has 0 atom stereocenters. The highest BCUT2D eigenvalue weighted by Gasteiger charge is 2.09. The summed E-state index contributed by atoms with van der Waals surface area (Å²) in [6.45, 7) is 1.92. The van der Waals surface area contributed by atoms with E-state index in [0.29, 0.717) is 23.8 Å². The fourth-order valence-electron chi connectivity index (χ4n) is 2.09. The Labute approximate surface area is 148 Å². The van der Waals surface area contributed by atoms with Crippen molar-refractivity contribution in [1.29, 1.82) is 0 Å². The number of benzene rings is 2. The number of anilines is 2. The van der Waals surface area contributed by atoms with Crippen molar-refractivity contribution in [3.8, 4) is 11.4 Å². The van der Waals surface area contributed by atoms with E-state index in [1.54, 1.807) is 24.3 Å². The fraction of sp³-hybridized carbons (Fsp3) is 0.118. The molecule has 6 nitrogen and oxygen atoms in total. The largest absolute Gasteiger partial charge is 0.339 e. The molecule has 3 rings (SSSR count). The molecule has 0 saturated heterocycles. The van der Waals surface area contributed by atoms with Gasteiger partial charge in [-0.2, -0.15) is 4.98 Å². The quantitative estimate of drug-likeness (QED) is 0.704. The molecule has 0 fully saturated rings. The van der Waals surface area contributed by atoms with E-state index in [1.165, 1.54) is 12.1 Å². The van der Waals surface area contributed by atoms with Crippen LogP contribution < -0.4 is 10.6 Å². The Morgan fingerprint density at radius 1 is 1.20 bits per heavy atom. The van der Waals surface area contributed by atoms with Gasteiger partial charge < -0.3 is 15.2 Å². The van der Waals surface area contributed by atoms with Crippen molar-refractivity contribution in [2.45, 2.75) is 13.3 Å². The Hall–Kier alpha value is -2.93. The molecule has 2 aromatic carbocycles. The van der Waals surface area contributed by atoms with Crippen molar-refractivity contribution in [3.63, 3.8) is 0 Å². The monoisotopic (exact) mass is 360 g/mol. The molecule has 8 heteroatoms. The normalized spacial score (nSPS) is 10.5. The van der Waals surface area contributed by atoms with Gasteiger partial charge in [-0.3, -0.25) is 0 Å². The van der Waals surface area contributed by atoms with Crippen LogP contribution in [-0.4, -0.2) is 16.2 Å². The van der Waals surface area contributed by atoms with Crippen LogP contribution in [0.5, 0.6) is 0 Å². The van der Waals surface area contributed by atoms with Crippen LogP contribution in [0.2, 0.25) is 5.02 Å². The highest BCUT2D eigenvalue weighted by molar-refractivity contribution is 6.30. The highest BCUT2D eigenvalue weighted by Crippen LogP contribution is 2.21. The van der Waals surface area contributed by atoms with Crippen LogP contribution in [-0.2, 0) is 6.42 Å². The first kappa shape index (κ1) is 16.9. The van der Waals surface area contributed by atoms with E-state index in [9.17, 15) is 9.18 Å². The third kappa shape index (κ3) is 4.13. The summed E-state index contributed by atoms with van der Waals surface area (Å²) in [5, 5.41) is 9.17. The van der Waals surface area contributed by atoms with Gasteiger partial charge in [0.05, 0.1) is 5.69 Å². The van der Waals surface area contributed by atoms with Crippen molar-refractivity contribution in [2.75, 3.05) is 10.6 Å². The van der Waals surface area contributed by atoms with E-state index >= 15 is 0 Å². The Balaban J connectivity index is 1.65. The zero-order valence-electron chi connectivity index (χ0n) is 13.2. The number of urea groups is 1. The van der Waals surface area contributed by atoms with E-state index in [1.807, 2.05) is 6.92 Å². The Bertz CT molecular complexity index is 896. The molecular weight excluding hydrogens is 347 g/mol. The maximum Gasteiger partial charge on any atom is 0.323 e. The number of hydrogen-bond donors (Lipinski definition) is 2. The summed E-state index contributed by atoms with van der Waals surface area (Å²) < 4.78 is 18.7. The first-order valence-electron chi connectivity index (χ1n) is 7.51. The second-order valence-electron chi connectivity index (χ2n) is 5.15. The van der Waals surface area contributed by atoms with Gasteiger partial charge in [0, 0.05) is 22.7 Å². The lowest BCUT2D eigenvalue weighted by molar-refractivity contribution is 0.262. The van der Waals surface area contributed by atoms with E-state index in [4.69, 9.17) is 16.1 Å². The molecule has 1 heterocycles. The molecule has 2 N–H and O–H groups in total. The predicted octanol–water partition coefficient (Wildman–Crippen LogP) is 4.74. The van der Waals surface area contributed by atoms with Crippen LogP contribution in [0.4, 0.5) is 20.6 Å². The maximum atomic E-state index is 13.7. The molecule has 0 bridgehead atoms. The molecule has 0 aliphatic carbocycles. The number of hydrogen-bond acceptors (Lipinski definition) is 4. The third-order valence-corrected chi connectivity index (χ3v) is 3.59. The minimum absolute atomic E-state index is 0.0393. The van der Waals surface area contributed by atoms with Crippen LogP contribution in [0.25, 0.3) is 11.4 Å². The second kappa shape index (κ2) is 7.31. The van der Waals surface area contributed by atoms with Gasteiger partial charge in [-0.1, -0.05) is 23.7 Å². The molecule has 128 valence electrons. The number of rotatable bonds is 4. The van der Waals surface area contributed by atoms with Gasteiger partial charge in [0.25, 0.3) is 0 Å². The minimum atomic E-state index is -0.609. The van der Waals surface area contributed by atoms with Crippen LogP contribution in [0.1, 0.15) is 12.8 Å². The number of nitrogens with zero attached hydrogens (tertiary/aromatic N) is 2. The topological polar surface area (TPSA) is 80.0 Å². The number of carbonyl (C=O) groups excluding carboxylic acids is 1. The first-order valence-corrected chi connectivity index (χ1v) is 7.89. The number of amides is 2. The van der Waals surface area contributed by atoms with E-state index in [2.05, 4.69) is 20.8 Å². The van der Waals surface area contributed by atoms with Gasteiger partial charge in [0.15, 0.2) is 0 Å². The summed E-state index contributed by atoms with van der Waals surface area (Å²) in [6, 6.07) is 10.3. The predicted molar refractivity (Wildman–Crippen MR) is 93.2 cm³/mol. The van der Waals surface area contributed by atoms with Gasteiger partial charge in [0.1, 0.15) is 5.82 Å². The lowest BCUT2D eigenvalue weighted by Crippen LogP contribution is -2.20. The number of halogens is 2. The van der Waals surface area contributed by atoms with Gasteiger partial charge >= 0.3 is 6.03 Å². The van der Waals surface area contributed by atoms with E-state index in [-0.39, 0.29) is 10.7 Å².